The first-order chi connectivity index (χ1) is 10.3. The first-order valence-electron chi connectivity index (χ1n) is 7.69. The number of piperidine rings is 1. The molecule has 2 unspecified atom stereocenters. The van der Waals surface area contributed by atoms with E-state index in [0.717, 1.165) is 25.9 Å². The Balaban J connectivity index is 1.69. The third-order valence-corrected chi connectivity index (χ3v) is 4.12. The fourth-order valence-corrected chi connectivity index (χ4v) is 3.02. The zero-order valence-corrected chi connectivity index (χ0v) is 12.4. The number of nitrogens with one attached hydrogen (secondary N) is 1. The average molecular weight is 290 g/mol. The molecular formula is C16H22N2O3. The van der Waals surface area contributed by atoms with Crippen molar-refractivity contribution >= 4 is 5.91 Å². The van der Waals surface area contributed by atoms with Crippen LogP contribution in [0.1, 0.15) is 19.8 Å². The lowest BCUT2D eigenvalue weighted by atomic mass is 10.0. The molecule has 0 spiro atoms. The summed E-state index contributed by atoms with van der Waals surface area (Å²) in [5.41, 5.74) is 0. The summed E-state index contributed by atoms with van der Waals surface area (Å²) in [5, 5.41) is 3.36. The predicted octanol–water partition coefficient (Wildman–Crippen LogP) is 1.43. The van der Waals surface area contributed by atoms with Gasteiger partial charge in [-0.15, -0.1) is 0 Å². The van der Waals surface area contributed by atoms with Gasteiger partial charge in [0.05, 0.1) is 0 Å². The molecule has 21 heavy (non-hydrogen) atoms. The number of ether oxygens (including phenoxy) is 2. The highest BCUT2D eigenvalue weighted by Gasteiger charge is 2.33. The number of hydrogen-bond donors (Lipinski definition) is 1. The van der Waals surface area contributed by atoms with Crippen LogP contribution in [-0.2, 0) is 4.79 Å². The molecule has 2 aliphatic rings. The summed E-state index contributed by atoms with van der Waals surface area (Å²) in [7, 11) is 0. The third kappa shape index (κ3) is 2.97. The normalized spacial score (nSPS) is 24.4. The van der Waals surface area contributed by atoms with E-state index in [9.17, 15) is 4.79 Å². The zero-order chi connectivity index (χ0) is 14.7. The molecule has 2 atom stereocenters. The summed E-state index contributed by atoms with van der Waals surface area (Å²) in [6.45, 7) is 4.91. The van der Waals surface area contributed by atoms with Gasteiger partial charge in [-0.05, 0) is 38.4 Å². The molecule has 2 heterocycles. The molecule has 5 heteroatoms. The van der Waals surface area contributed by atoms with Gasteiger partial charge >= 0.3 is 0 Å². The largest absolute Gasteiger partial charge is 0.485 e. The maximum Gasteiger partial charge on any atom is 0.267 e. The summed E-state index contributed by atoms with van der Waals surface area (Å²) < 4.78 is 11.5. The Bertz CT molecular complexity index is 500. The van der Waals surface area contributed by atoms with Gasteiger partial charge < -0.3 is 19.7 Å². The van der Waals surface area contributed by atoms with Crippen molar-refractivity contribution in [1.29, 1.82) is 0 Å². The lowest BCUT2D eigenvalue weighted by Gasteiger charge is -2.37. The highest BCUT2D eigenvalue weighted by molar-refractivity contribution is 5.82. The number of hydrogen-bond acceptors (Lipinski definition) is 4. The lowest BCUT2D eigenvalue weighted by molar-refractivity contribution is -0.143. The molecule has 114 valence electrons. The SMILES string of the molecule is CCN(C(=O)C1COc2ccccc2O1)C1CCCNC1. The minimum Gasteiger partial charge on any atom is -0.485 e. The minimum absolute atomic E-state index is 0.0284. The monoisotopic (exact) mass is 290 g/mol. The van der Waals surface area contributed by atoms with Crippen molar-refractivity contribution in [3.05, 3.63) is 24.3 Å². The molecule has 2 aliphatic heterocycles. The minimum atomic E-state index is -0.540. The highest BCUT2D eigenvalue weighted by Crippen LogP contribution is 2.31. The van der Waals surface area contributed by atoms with Gasteiger partial charge in [0, 0.05) is 19.1 Å². The third-order valence-electron chi connectivity index (χ3n) is 4.12. The number of rotatable bonds is 3. The maximum absolute atomic E-state index is 12.7. The maximum atomic E-state index is 12.7. The molecular weight excluding hydrogens is 268 g/mol. The first-order valence-corrected chi connectivity index (χ1v) is 7.69. The van der Waals surface area contributed by atoms with Crippen LogP contribution in [0.25, 0.3) is 0 Å². The van der Waals surface area contributed by atoms with E-state index in [1.807, 2.05) is 36.1 Å². The van der Waals surface area contributed by atoms with E-state index in [-0.39, 0.29) is 18.6 Å². The Morgan fingerprint density at radius 2 is 2.19 bits per heavy atom. The number of para-hydroxylation sites is 2. The molecule has 3 rings (SSSR count). The van der Waals surface area contributed by atoms with Gasteiger partial charge in [-0.2, -0.15) is 0 Å². The molecule has 5 nitrogen and oxygen atoms in total. The molecule has 1 N–H and O–H groups in total. The number of benzene rings is 1. The van der Waals surface area contributed by atoms with E-state index in [1.165, 1.54) is 0 Å². The van der Waals surface area contributed by atoms with Gasteiger partial charge in [0.15, 0.2) is 11.5 Å². The van der Waals surface area contributed by atoms with E-state index in [1.54, 1.807) is 0 Å². The number of likely N-dealkylation sites (N-methyl/N-ethyl adjacent to an activating group) is 1. The number of carbonyl (C=O) groups excluding carboxylic acids is 1. The topological polar surface area (TPSA) is 50.8 Å². The lowest BCUT2D eigenvalue weighted by Crippen LogP contribution is -2.54. The van der Waals surface area contributed by atoms with Crippen LogP contribution in [-0.4, -0.2) is 49.2 Å². The fourth-order valence-electron chi connectivity index (χ4n) is 3.02. The summed E-state index contributed by atoms with van der Waals surface area (Å²) in [5.74, 6) is 1.39. The molecule has 1 saturated heterocycles. The Labute approximate surface area is 125 Å². The average Bonchev–Trinajstić information content (AvgIpc) is 2.56. The van der Waals surface area contributed by atoms with Gasteiger partial charge in [-0.1, -0.05) is 12.1 Å². The van der Waals surface area contributed by atoms with Crippen molar-refractivity contribution in [3.63, 3.8) is 0 Å². The molecule has 0 aromatic heterocycles. The van der Waals surface area contributed by atoms with Crippen LogP contribution < -0.4 is 14.8 Å². The summed E-state index contributed by atoms with van der Waals surface area (Å²) in [6, 6.07) is 7.75. The van der Waals surface area contributed by atoms with Gasteiger partial charge in [0.25, 0.3) is 5.91 Å². The zero-order valence-electron chi connectivity index (χ0n) is 12.4. The Morgan fingerprint density at radius 1 is 1.38 bits per heavy atom. The van der Waals surface area contributed by atoms with Gasteiger partial charge in [0.2, 0.25) is 6.10 Å². The van der Waals surface area contributed by atoms with Gasteiger partial charge in [-0.3, -0.25) is 4.79 Å². The van der Waals surface area contributed by atoms with Crippen molar-refractivity contribution in [2.75, 3.05) is 26.2 Å². The standard InChI is InChI=1S/C16H22N2O3/c1-2-18(12-6-5-9-17-10-12)16(19)15-11-20-13-7-3-4-8-14(13)21-15/h3-4,7-8,12,15,17H,2,5-6,9-11H2,1H3. The van der Waals surface area contributed by atoms with Gasteiger partial charge in [0.1, 0.15) is 6.61 Å². The second-order valence-corrected chi connectivity index (χ2v) is 5.49. The van der Waals surface area contributed by atoms with Crippen molar-refractivity contribution in [2.24, 2.45) is 0 Å². The number of fused-ring (bicyclic) bond motifs is 1. The number of nitrogens with zero attached hydrogens (tertiary/aromatic N) is 1. The fraction of sp³-hybridized carbons (Fsp3) is 0.562. The van der Waals surface area contributed by atoms with E-state index < -0.39 is 6.10 Å². The van der Waals surface area contributed by atoms with E-state index >= 15 is 0 Å². The number of amides is 1. The second kappa shape index (κ2) is 6.35. The van der Waals surface area contributed by atoms with Crippen LogP contribution >= 0.6 is 0 Å². The molecule has 0 bridgehead atoms. The summed E-state index contributed by atoms with van der Waals surface area (Å²) in [6.07, 6.45) is 1.62. The molecule has 1 amide bonds. The molecule has 0 saturated carbocycles. The molecule has 1 aromatic rings. The van der Waals surface area contributed by atoms with Gasteiger partial charge in [-0.25, -0.2) is 0 Å². The first kappa shape index (κ1) is 14.2. The Kier molecular flexibility index (Phi) is 4.29. The van der Waals surface area contributed by atoms with Crippen LogP contribution in [0, 0.1) is 0 Å². The van der Waals surface area contributed by atoms with Crippen LogP contribution in [0.4, 0.5) is 0 Å². The van der Waals surface area contributed by atoms with Crippen LogP contribution in [0.2, 0.25) is 0 Å². The van der Waals surface area contributed by atoms with E-state index in [0.29, 0.717) is 18.0 Å². The van der Waals surface area contributed by atoms with Crippen LogP contribution in [0.15, 0.2) is 24.3 Å². The van der Waals surface area contributed by atoms with Crippen molar-refractivity contribution < 1.29 is 14.3 Å². The highest BCUT2D eigenvalue weighted by atomic mass is 16.6. The summed E-state index contributed by atoms with van der Waals surface area (Å²) >= 11 is 0. The smallest absolute Gasteiger partial charge is 0.267 e. The Hall–Kier alpha value is -1.75. The summed E-state index contributed by atoms with van der Waals surface area (Å²) in [4.78, 5) is 14.7. The van der Waals surface area contributed by atoms with E-state index in [2.05, 4.69) is 5.32 Å². The second-order valence-electron chi connectivity index (χ2n) is 5.49. The molecule has 0 aliphatic carbocycles. The van der Waals surface area contributed by atoms with Crippen LogP contribution in [0.3, 0.4) is 0 Å². The van der Waals surface area contributed by atoms with Crippen molar-refractivity contribution in [1.82, 2.24) is 10.2 Å². The van der Waals surface area contributed by atoms with Crippen molar-refractivity contribution in [2.45, 2.75) is 31.9 Å². The van der Waals surface area contributed by atoms with Crippen molar-refractivity contribution in [3.8, 4) is 11.5 Å². The Morgan fingerprint density at radius 3 is 2.90 bits per heavy atom. The van der Waals surface area contributed by atoms with Crippen LogP contribution in [0.5, 0.6) is 11.5 Å². The quantitative estimate of drug-likeness (QED) is 0.915. The molecule has 1 aromatic carbocycles. The predicted molar refractivity (Wildman–Crippen MR) is 79.6 cm³/mol. The molecule has 0 radical (unpaired) electrons. The number of carbonyl (C=O) groups is 1. The molecule has 1 fully saturated rings. The van der Waals surface area contributed by atoms with E-state index in [4.69, 9.17) is 9.47 Å².